The van der Waals surface area contributed by atoms with Gasteiger partial charge >= 0.3 is 0 Å². The average molecular weight is 259 g/mol. The van der Waals surface area contributed by atoms with Gasteiger partial charge in [0.05, 0.1) is 17.8 Å². The molecule has 17 heavy (non-hydrogen) atoms. The third-order valence-corrected chi connectivity index (χ3v) is 1.97. The summed E-state index contributed by atoms with van der Waals surface area (Å²) in [6, 6.07) is 2.73. The number of halogens is 2. The van der Waals surface area contributed by atoms with Gasteiger partial charge in [0, 0.05) is 0 Å². The van der Waals surface area contributed by atoms with E-state index < -0.39 is 5.82 Å². The molecular formula is C10H12ClFN4O. The lowest BCUT2D eigenvalue weighted by atomic mass is 10.2. The minimum Gasteiger partial charge on any atom is -0.489 e. The monoisotopic (exact) mass is 258 g/mol. The second kappa shape index (κ2) is 6.05. The Balaban J connectivity index is 2.98. The second-order valence-electron chi connectivity index (χ2n) is 3.02. The summed E-state index contributed by atoms with van der Waals surface area (Å²) in [5.41, 5.74) is 10.6. The van der Waals surface area contributed by atoms with Crippen LogP contribution in [0.25, 0.3) is 0 Å². The van der Waals surface area contributed by atoms with Gasteiger partial charge in [0.25, 0.3) is 0 Å². The van der Waals surface area contributed by atoms with Gasteiger partial charge in [-0.2, -0.15) is 5.10 Å². The van der Waals surface area contributed by atoms with E-state index in [0.717, 1.165) is 0 Å². The number of ether oxygens (including phenoxy) is 1. The van der Waals surface area contributed by atoms with Crippen LogP contribution < -0.4 is 16.2 Å². The lowest BCUT2D eigenvalue weighted by Crippen LogP contribution is -2.21. The van der Waals surface area contributed by atoms with Crippen LogP contribution >= 0.6 is 11.6 Å². The molecule has 0 aromatic heterocycles. The highest BCUT2D eigenvalue weighted by Crippen LogP contribution is 2.28. The number of hydrogen-bond donors (Lipinski definition) is 2. The summed E-state index contributed by atoms with van der Waals surface area (Å²) >= 11 is 5.84. The van der Waals surface area contributed by atoms with Gasteiger partial charge in [-0.15, -0.1) is 5.10 Å². The van der Waals surface area contributed by atoms with Crippen molar-refractivity contribution in [3.63, 3.8) is 0 Å². The van der Waals surface area contributed by atoms with Crippen molar-refractivity contribution in [1.82, 2.24) is 0 Å². The summed E-state index contributed by atoms with van der Waals surface area (Å²) in [7, 11) is 0. The van der Waals surface area contributed by atoms with Crippen molar-refractivity contribution in [2.24, 2.45) is 21.7 Å². The molecule has 92 valence electrons. The average Bonchev–Trinajstić information content (AvgIpc) is 2.23. The molecule has 0 radical (unpaired) electrons. The molecule has 1 aromatic rings. The molecule has 0 saturated carbocycles. The second-order valence-corrected chi connectivity index (χ2v) is 3.42. The van der Waals surface area contributed by atoms with Gasteiger partial charge in [-0.25, -0.2) is 4.39 Å². The van der Waals surface area contributed by atoms with E-state index in [0.29, 0.717) is 12.2 Å². The van der Waals surface area contributed by atoms with E-state index in [9.17, 15) is 4.39 Å². The molecular weight excluding hydrogens is 247 g/mol. The Labute approximate surface area is 103 Å². The van der Waals surface area contributed by atoms with E-state index in [1.54, 1.807) is 6.92 Å². The predicted octanol–water partition coefficient (Wildman–Crippen LogP) is 1.49. The zero-order chi connectivity index (χ0) is 12.8. The molecule has 0 amide bonds. The van der Waals surface area contributed by atoms with Crippen LogP contribution in [-0.4, -0.2) is 18.8 Å². The highest BCUT2D eigenvalue weighted by molar-refractivity contribution is 6.32. The topological polar surface area (TPSA) is 86.0 Å². The van der Waals surface area contributed by atoms with Crippen LogP contribution in [0.2, 0.25) is 5.02 Å². The maximum atomic E-state index is 13.5. The molecule has 0 aliphatic carbocycles. The lowest BCUT2D eigenvalue weighted by Gasteiger charge is -2.07. The zero-order valence-electron chi connectivity index (χ0n) is 9.15. The number of rotatable bonds is 4. The Hall–Kier alpha value is -1.82. The third-order valence-electron chi connectivity index (χ3n) is 1.69. The van der Waals surface area contributed by atoms with Gasteiger partial charge in [-0.1, -0.05) is 11.6 Å². The van der Waals surface area contributed by atoms with Crippen LogP contribution in [0.4, 0.5) is 4.39 Å². The number of guanidine groups is 1. The maximum absolute atomic E-state index is 13.5. The molecule has 0 aliphatic heterocycles. The van der Waals surface area contributed by atoms with Crippen molar-refractivity contribution in [3.8, 4) is 5.75 Å². The molecule has 0 unspecified atom stereocenters. The van der Waals surface area contributed by atoms with Gasteiger partial charge in [-0.05, 0) is 24.6 Å². The van der Waals surface area contributed by atoms with E-state index in [2.05, 4.69) is 10.2 Å². The first-order valence-electron chi connectivity index (χ1n) is 4.78. The third kappa shape index (κ3) is 3.92. The van der Waals surface area contributed by atoms with E-state index in [-0.39, 0.29) is 16.7 Å². The minimum absolute atomic E-state index is 0.0214. The van der Waals surface area contributed by atoms with E-state index in [1.807, 2.05) is 0 Å². The van der Waals surface area contributed by atoms with Crippen LogP contribution in [0, 0.1) is 5.82 Å². The molecule has 0 spiro atoms. The zero-order valence-corrected chi connectivity index (χ0v) is 9.91. The van der Waals surface area contributed by atoms with E-state index >= 15 is 0 Å². The van der Waals surface area contributed by atoms with Crippen molar-refractivity contribution < 1.29 is 9.13 Å². The highest BCUT2D eigenvalue weighted by Gasteiger charge is 2.09. The molecule has 1 aromatic carbocycles. The quantitative estimate of drug-likeness (QED) is 0.487. The summed E-state index contributed by atoms with van der Waals surface area (Å²) in [6.07, 6.45) is 1.28. The molecule has 7 heteroatoms. The van der Waals surface area contributed by atoms with Crippen LogP contribution in [-0.2, 0) is 0 Å². The molecule has 0 atom stereocenters. The first kappa shape index (κ1) is 13.2. The molecule has 0 fully saturated rings. The normalized spacial score (nSPS) is 10.5. The smallest absolute Gasteiger partial charge is 0.211 e. The minimum atomic E-state index is -0.564. The largest absolute Gasteiger partial charge is 0.489 e. The van der Waals surface area contributed by atoms with Crippen LogP contribution in [0.15, 0.2) is 22.3 Å². The Morgan fingerprint density at radius 2 is 2.24 bits per heavy atom. The van der Waals surface area contributed by atoms with Crippen LogP contribution in [0.5, 0.6) is 5.75 Å². The lowest BCUT2D eigenvalue weighted by molar-refractivity contribution is 0.322. The van der Waals surface area contributed by atoms with Gasteiger partial charge in [0.2, 0.25) is 5.96 Å². The fraction of sp³-hybridized carbons (Fsp3) is 0.200. The predicted molar refractivity (Wildman–Crippen MR) is 66.0 cm³/mol. The Bertz CT molecular complexity index is 435. The Morgan fingerprint density at radius 1 is 1.53 bits per heavy atom. The van der Waals surface area contributed by atoms with E-state index in [1.165, 1.54) is 18.3 Å². The van der Waals surface area contributed by atoms with Crippen molar-refractivity contribution >= 4 is 23.8 Å². The number of nitrogens with zero attached hydrogens (tertiary/aromatic N) is 2. The fourth-order valence-corrected chi connectivity index (χ4v) is 1.37. The summed E-state index contributed by atoms with van der Waals surface area (Å²) in [4.78, 5) is 0. The van der Waals surface area contributed by atoms with E-state index in [4.69, 9.17) is 27.8 Å². The molecule has 4 N–H and O–H groups in total. The number of hydrogen-bond acceptors (Lipinski definition) is 3. The van der Waals surface area contributed by atoms with Crippen molar-refractivity contribution in [2.75, 3.05) is 6.61 Å². The summed E-state index contributed by atoms with van der Waals surface area (Å²) in [5, 5.41) is 7.09. The molecule has 0 bridgehead atoms. The maximum Gasteiger partial charge on any atom is 0.211 e. The summed E-state index contributed by atoms with van der Waals surface area (Å²) in [5.74, 6) is -0.725. The Morgan fingerprint density at radius 3 is 2.76 bits per heavy atom. The summed E-state index contributed by atoms with van der Waals surface area (Å²) < 4.78 is 18.6. The molecule has 5 nitrogen and oxygen atoms in total. The molecule has 0 heterocycles. The highest BCUT2D eigenvalue weighted by atomic mass is 35.5. The SMILES string of the molecule is CCOc1c(F)cc(C=NN=C(N)N)cc1Cl. The molecule has 0 saturated heterocycles. The van der Waals surface area contributed by atoms with Gasteiger partial charge in [0.1, 0.15) is 0 Å². The fourth-order valence-electron chi connectivity index (χ4n) is 1.10. The van der Waals surface area contributed by atoms with Crippen molar-refractivity contribution in [1.29, 1.82) is 0 Å². The van der Waals surface area contributed by atoms with Crippen molar-refractivity contribution in [2.45, 2.75) is 6.92 Å². The Kier molecular flexibility index (Phi) is 4.71. The number of benzene rings is 1. The molecule has 0 aliphatic rings. The summed E-state index contributed by atoms with van der Waals surface area (Å²) in [6.45, 7) is 2.07. The van der Waals surface area contributed by atoms with Crippen LogP contribution in [0.3, 0.4) is 0 Å². The standard InChI is InChI=1S/C10H12ClFN4O/c1-2-17-9-7(11)3-6(4-8(9)12)5-15-16-10(13)14/h3-5H,2H2,1H3,(H4,13,14,16). The van der Waals surface area contributed by atoms with Crippen LogP contribution in [0.1, 0.15) is 12.5 Å². The van der Waals surface area contributed by atoms with Crippen molar-refractivity contribution in [3.05, 3.63) is 28.5 Å². The number of nitrogens with two attached hydrogens (primary N) is 2. The first-order valence-corrected chi connectivity index (χ1v) is 5.16. The first-order chi connectivity index (χ1) is 8.04. The van der Waals surface area contributed by atoms with Gasteiger partial charge in [0.15, 0.2) is 11.6 Å². The van der Waals surface area contributed by atoms with Gasteiger partial charge < -0.3 is 16.2 Å². The molecule has 1 rings (SSSR count). The van der Waals surface area contributed by atoms with Gasteiger partial charge in [-0.3, -0.25) is 0 Å².